The molecule has 0 saturated heterocycles. The Hall–Kier alpha value is -1.56. The van der Waals surface area contributed by atoms with Crippen LogP contribution < -0.4 is 4.74 Å². The van der Waals surface area contributed by atoms with Crippen LogP contribution >= 0.6 is 0 Å². The van der Waals surface area contributed by atoms with Gasteiger partial charge in [0, 0.05) is 0 Å². The Morgan fingerprint density at radius 1 is 1.44 bits per heavy atom. The number of carboxylic acids is 1. The molecule has 1 aliphatic rings. The minimum atomic E-state index is -3.41. The van der Waals surface area contributed by atoms with Crippen molar-refractivity contribution >= 4 is 15.8 Å². The van der Waals surface area contributed by atoms with Gasteiger partial charge in [0.05, 0.1) is 17.3 Å². The van der Waals surface area contributed by atoms with E-state index in [1.165, 1.54) is 19.1 Å². The highest BCUT2D eigenvalue weighted by atomic mass is 32.2. The van der Waals surface area contributed by atoms with E-state index in [0.29, 0.717) is 24.3 Å². The number of hydrogen-bond acceptors (Lipinski definition) is 4. The van der Waals surface area contributed by atoms with Gasteiger partial charge < -0.3 is 9.84 Å². The van der Waals surface area contributed by atoms with Crippen LogP contribution in [0.1, 0.15) is 29.3 Å². The summed E-state index contributed by atoms with van der Waals surface area (Å²) < 4.78 is 29.0. The highest BCUT2D eigenvalue weighted by Gasteiger charge is 2.24. The molecule has 0 aromatic heterocycles. The Morgan fingerprint density at radius 2 is 2.17 bits per heavy atom. The van der Waals surface area contributed by atoms with Crippen molar-refractivity contribution in [3.05, 3.63) is 23.3 Å². The zero-order chi connectivity index (χ0) is 13.3. The van der Waals surface area contributed by atoms with Crippen molar-refractivity contribution in [2.24, 2.45) is 0 Å². The van der Waals surface area contributed by atoms with Crippen molar-refractivity contribution in [2.75, 3.05) is 12.4 Å². The van der Waals surface area contributed by atoms with E-state index in [2.05, 4.69) is 0 Å². The molecule has 0 fully saturated rings. The third-order valence-electron chi connectivity index (χ3n) is 2.95. The van der Waals surface area contributed by atoms with Gasteiger partial charge in [-0.1, -0.05) is 6.92 Å². The highest BCUT2D eigenvalue weighted by molar-refractivity contribution is 7.91. The van der Waals surface area contributed by atoms with E-state index < -0.39 is 15.8 Å². The van der Waals surface area contributed by atoms with Crippen molar-refractivity contribution in [1.29, 1.82) is 0 Å². The summed E-state index contributed by atoms with van der Waals surface area (Å²) in [6, 6.07) is 2.71. The van der Waals surface area contributed by atoms with Crippen molar-refractivity contribution in [2.45, 2.75) is 24.7 Å². The minimum Gasteiger partial charge on any atom is -0.492 e. The second kappa shape index (κ2) is 4.61. The molecule has 0 amide bonds. The van der Waals surface area contributed by atoms with Crippen molar-refractivity contribution in [3.63, 3.8) is 0 Å². The van der Waals surface area contributed by atoms with Gasteiger partial charge in [-0.2, -0.15) is 0 Å². The van der Waals surface area contributed by atoms with Crippen LogP contribution in [0.25, 0.3) is 0 Å². The number of hydrogen-bond donors (Lipinski definition) is 1. The van der Waals surface area contributed by atoms with Crippen LogP contribution in [0.3, 0.4) is 0 Å². The van der Waals surface area contributed by atoms with Crippen LogP contribution in [0.4, 0.5) is 0 Å². The predicted molar refractivity (Wildman–Crippen MR) is 64.9 cm³/mol. The number of carboxylic acid groups (broad SMARTS) is 1. The zero-order valence-electron chi connectivity index (χ0n) is 9.97. The fourth-order valence-corrected chi connectivity index (χ4v) is 2.91. The molecule has 1 N–H and O–H groups in total. The summed E-state index contributed by atoms with van der Waals surface area (Å²) in [7, 11) is -3.41. The smallest absolute Gasteiger partial charge is 0.339 e. The molecular formula is C12H14O5S. The van der Waals surface area contributed by atoms with Crippen LogP contribution in [0.5, 0.6) is 5.75 Å². The first kappa shape index (κ1) is 12.9. The standard InChI is InChI=1S/C12H14O5S/c1-2-18(15,16)9-6-8-4-3-5-17-11(8)10(7-9)12(13)14/h6-7H,2-5H2,1H3,(H,13,14). The van der Waals surface area contributed by atoms with E-state index in [4.69, 9.17) is 9.84 Å². The fraction of sp³-hybridized carbons (Fsp3) is 0.417. The van der Waals surface area contributed by atoms with Crippen LogP contribution in [0.2, 0.25) is 0 Å². The van der Waals surface area contributed by atoms with Gasteiger partial charge in [0.25, 0.3) is 0 Å². The summed E-state index contributed by atoms with van der Waals surface area (Å²) in [5.74, 6) is -0.906. The Balaban J connectivity index is 2.66. The van der Waals surface area contributed by atoms with Gasteiger partial charge in [0.1, 0.15) is 11.3 Å². The van der Waals surface area contributed by atoms with E-state index >= 15 is 0 Å². The number of carbonyl (C=O) groups is 1. The Bertz CT molecular complexity index is 589. The normalized spacial score (nSPS) is 14.7. The largest absolute Gasteiger partial charge is 0.492 e. The third kappa shape index (κ3) is 2.20. The van der Waals surface area contributed by atoms with Gasteiger partial charge in [-0.25, -0.2) is 13.2 Å². The van der Waals surface area contributed by atoms with Gasteiger partial charge >= 0.3 is 5.97 Å². The number of aryl methyl sites for hydroxylation is 1. The van der Waals surface area contributed by atoms with E-state index in [1.807, 2.05) is 0 Å². The van der Waals surface area contributed by atoms with Gasteiger partial charge in [0.2, 0.25) is 0 Å². The molecule has 0 atom stereocenters. The highest BCUT2D eigenvalue weighted by Crippen LogP contribution is 2.32. The van der Waals surface area contributed by atoms with Crippen LogP contribution in [0.15, 0.2) is 17.0 Å². The van der Waals surface area contributed by atoms with E-state index in [-0.39, 0.29) is 16.2 Å². The first-order chi connectivity index (χ1) is 8.45. The maximum absolute atomic E-state index is 11.8. The van der Waals surface area contributed by atoms with Gasteiger partial charge in [0.15, 0.2) is 9.84 Å². The molecule has 18 heavy (non-hydrogen) atoms. The van der Waals surface area contributed by atoms with Crippen LogP contribution in [0, 0.1) is 0 Å². The van der Waals surface area contributed by atoms with E-state index in [0.717, 1.165) is 6.42 Å². The predicted octanol–water partition coefficient (Wildman–Crippen LogP) is 1.50. The molecule has 1 heterocycles. The Kier molecular flexibility index (Phi) is 3.30. The average Bonchev–Trinajstić information content (AvgIpc) is 2.37. The quantitative estimate of drug-likeness (QED) is 0.900. The average molecular weight is 270 g/mol. The number of sulfone groups is 1. The number of benzene rings is 1. The van der Waals surface area contributed by atoms with Gasteiger partial charge in [-0.3, -0.25) is 0 Å². The molecule has 1 aromatic rings. The lowest BCUT2D eigenvalue weighted by Crippen LogP contribution is -2.15. The van der Waals surface area contributed by atoms with Crippen molar-refractivity contribution in [3.8, 4) is 5.75 Å². The molecule has 0 radical (unpaired) electrons. The molecular weight excluding hydrogens is 256 g/mol. The molecule has 98 valence electrons. The van der Waals surface area contributed by atoms with Gasteiger partial charge in [-0.15, -0.1) is 0 Å². The molecule has 0 spiro atoms. The number of fused-ring (bicyclic) bond motifs is 1. The summed E-state index contributed by atoms with van der Waals surface area (Å²) >= 11 is 0. The second-order valence-corrected chi connectivity index (χ2v) is 6.40. The summed E-state index contributed by atoms with van der Waals surface area (Å²) in [4.78, 5) is 11.2. The maximum atomic E-state index is 11.8. The first-order valence-electron chi connectivity index (χ1n) is 5.71. The van der Waals surface area contributed by atoms with Crippen LogP contribution in [-0.4, -0.2) is 31.9 Å². The lowest BCUT2D eigenvalue weighted by molar-refractivity contribution is 0.0691. The van der Waals surface area contributed by atoms with E-state index in [9.17, 15) is 13.2 Å². The molecule has 0 saturated carbocycles. The summed E-state index contributed by atoms with van der Waals surface area (Å²) in [5, 5.41) is 9.13. The SMILES string of the molecule is CCS(=O)(=O)c1cc2c(c(C(=O)O)c1)OCCC2. The van der Waals surface area contributed by atoms with Crippen molar-refractivity contribution < 1.29 is 23.1 Å². The molecule has 6 heteroatoms. The summed E-state index contributed by atoms with van der Waals surface area (Å²) in [6.45, 7) is 2.00. The molecule has 5 nitrogen and oxygen atoms in total. The number of rotatable bonds is 3. The number of ether oxygens (including phenoxy) is 1. The lowest BCUT2D eigenvalue weighted by Gasteiger charge is -2.20. The molecule has 1 aromatic carbocycles. The number of aromatic carboxylic acids is 1. The first-order valence-corrected chi connectivity index (χ1v) is 7.36. The molecule has 1 aliphatic heterocycles. The van der Waals surface area contributed by atoms with Crippen LogP contribution in [-0.2, 0) is 16.3 Å². The fourth-order valence-electron chi connectivity index (χ4n) is 1.96. The minimum absolute atomic E-state index is 0.0499. The van der Waals surface area contributed by atoms with E-state index in [1.54, 1.807) is 0 Å². The molecule has 0 unspecified atom stereocenters. The van der Waals surface area contributed by atoms with Gasteiger partial charge in [-0.05, 0) is 30.5 Å². The monoisotopic (exact) mass is 270 g/mol. The molecule has 2 rings (SSSR count). The lowest BCUT2D eigenvalue weighted by atomic mass is 10.0. The Labute approximate surface area is 105 Å². The zero-order valence-corrected chi connectivity index (χ0v) is 10.8. The second-order valence-electron chi connectivity index (χ2n) is 4.12. The maximum Gasteiger partial charge on any atom is 0.339 e. The molecule has 0 aliphatic carbocycles. The molecule has 0 bridgehead atoms. The Morgan fingerprint density at radius 3 is 2.78 bits per heavy atom. The van der Waals surface area contributed by atoms with Crippen molar-refractivity contribution in [1.82, 2.24) is 0 Å². The summed E-state index contributed by atoms with van der Waals surface area (Å²) in [5.41, 5.74) is 0.590. The topological polar surface area (TPSA) is 80.7 Å². The third-order valence-corrected chi connectivity index (χ3v) is 4.66. The summed E-state index contributed by atoms with van der Waals surface area (Å²) in [6.07, 6.45) is 1.41.